The molecule has 11 nitrogen and oxygen atoms in total. The minimum Gasteiger partial charge on any atom is -0.481 e. The number of carbonyl (C=O) groups is 1. The van der Waals surface area contributed by atoms with E-state index in [2.05, 4.69) is 59.1 Å². The second-order valence-electron chi connectivity index (χ2n) is 16.1. The van der Waals surface area contributed by atoms with E-state index in [9.17, 15) is 25.2 Å². The van der Waals surface area contributed by atoms with E-state index in [0.717, 1.165) is 71.0 Å². The van der Waals surface area contributed by atoms with Crippen LogP contribution in [0.5, 0.6) is 0 Å². The smallest absolute Gasteiger partial charge is 0.306 e. The minimum atomic E-state index is -1.41. The molecule has 0 aliphatic carbocycles. The molecule has 2 fully saturated rings. The number of fused-ring (bicyclic) bond motifs is 4. The van der Waals surface area contributed by atoms with Gasteiger partial charge < -0.3 is 41.7 Å². The molecule has 0 radical (unpaired) electrons. The van der Waals surface area contributed by atoms with Gasteiger partial charge in [-0.1, -0.05) is 37.1 Å². The van der Waals surface area contributed by atoms with E-state index < -0.39 is 11.6 Å². The second kappa shape index (κ2) is 16.8. The molecule has 11 atom stereocenters. The summed E-state index contributed by atoms with van der Waals surface area (Å²) < 4.78 is 0. The Morgan fingerprint density at radius 1 is 1.10 bits per heavy atom. The molecule has 4 heterocycles. The monoisotopic (exact) mass is 671 g/mol. The Hall–Kier alpha value is -1.96. The zero-order valence-corrected chi connectivity index (χ0v) is 29.2. The molecule has 1 aromatic rings. The van der Waals surface area contributed by atoms with E-state index in [0.29, 0.717) is 37.3 Å². The highest BCUT2D eigenvalue weighted by molar-refractivity contribution is 5.68. The van der Waals surface area contributed by atoms with Crippen molar-refractivity contribution in [3.05, 3.63) is 35.4 Å². The average molecular weight is 672 g/mol. The second-order valence-corrected chi connectivity index (χ2v) is 16.1. The van der Waals surface area contributed by atoms with Crippen LogP contribution in [0.25, 0.3) is 0 Å². The summed E-state index contributed by atoms with van der Waals surface area (Å²) in [6.07, 6.45) is 11.1. The number of aliphatic imine (C=N–C) groups is 1. The maximum atomic E-state index is 11.8. The van der Waals surface area contributed by atoms with Crippen LogP contribution in [0.2, 0.25) is 0 Å². The Kier molecular flexibility index (Phi) is 13.1. The number of piperidine rings is 2. The molecule has 11 heteroatoms. The number of nitrogens with zero attached hydrogens (tertiary/aromatic N) is 1. The third-order valence-electron chi connectivity index (χ3n) is 11.9. The number of aliphatic hydroxyl groups is 3. The molecule has 270 valence electrons. The van der Waals surface area contributed by atoms with Crippen LogP contribution in [0.4, 0.5) is 0 Å². The molecule has 2 saturated heterocycles. The molecule has 0 saturated carbocycles. The van der Waals surface area contributed by atoms with Gasteiger partial charge in [-0.25, -0.2) is 4.99 Å². The van der Waals surface area contributed by atoms with Crippen LogP contribution in [-0.4, -0.2) is 107 Å². The van der Waals surface area contributed by atoms with E-state index in [-0.39, 0.29) is 55.4 Å². The molecule has 4 bridgehead atoms. The number of benzene rings is 1. The SMILES string of the molecule is C[C@@H]1N[C@H](CC[C@H]2CCC[C@@H](CO)CC[C@@](O)(CC(=O)O)CN[C@@]3(C)C[C@@H](Cc4cccc(c4)C2)N[C@H](N)C3)[C@H]([NH+]2CC=NC2)C[C@H]1O. The first-order chi connectivity index (χ1) is 22.9. The molecule has 48 heavy (non-hydrogen) atoms. The normalized spacial score (nSPS) is 40.2. The Labute approximate surface area is 287 Å². The van der Waals surface area contributed by atoms with E-state index >= 15 is 0 Å². The quantitative estimate of drug-likeness (QED) is 0.202. The fraction of sp³-hybridized carbons (Fsp3) is 0.784. The first kappa shape index (κ1) is 37.3. The van der Waals surface area contributed by atoms with Crippen molar-refractivity contribution in [2.75, 3.05) is 26.4 Å². The van der Waals surface area contributed by atoms with E-state index in [1.54, 1.807) is 0 Å². The number of aliphatic hydroxyl groups excluding tert-OH is 2. The van der Waals surface area contributed by atoms with Gasteiger partial charge in [0.15, 0.2) is 6.67 Å². The highest BCUT2D eigenvalue weighted by atomic mass is 16.4. The third kappa shape index (κ3) is 10.5. The fourth-order valence-corrected chi connectivity index (χ4v) is 9.09. The predicted octanol–water partition coefficient (Wildman–Crippen LogP) is 0.738. The van der Waals surface area contributed by atoms with Gasteiger partial charge in [0.25, 0.3) is 0 Å². The highest BCUT2D eigenvalue weighted by Crippen LogP contribution is 2.31. The van der Waals surface area contributed by atoms with Crippen molar-refractivity contribution in [2.45, 2.75) is 145 Å². The van der Waals surface area contributed by atoms with Crippen LogP contribution in [0.1, 0.15) is 95.6 Å². The molecule has 1 unspecified atom stereocenters. The largest absolute Gasteiger partial charge is 0.481 e. The highest BCUT2D eigenvalue weighted by Gasteiger charge is 2.41. The number of nitrogens with one attached hydrogen (secondary N) is 4. The van der Waals surface area contributed by atoms with Gasteiger partial charge in [-0.15, -0.1) is 0 Å². The molecular weight excluding hydrogens is 608 g/mol. The number of β-amino-alcohol motifs (C(OH)–C–C–N with tert-alkyl or cyclic N) is 1. The average Bonchev–Trinajstić information content (AvgIpc) is 3.56. The van der Waals surface area contributed by atoms with Gasteiger partial charge in [0, 0.05) is 37.2 Å². The number of carboxylic acids is 1. The van der Waals surface area contributed by atoms with Gasteiger partial charge in [0.1, 0.15) is 12.6 Å². The molecule has 1 aromatic carbocycles. The number of hydrogen-bond acceptors (Lipinski definition) is 9. The number of quaternary nitrogens is 1. The van der Waals surface area contributed by atoms with Gasteiger partial charge in [0.2, 0.25) is 0 Å². The lowest BCUT2D eigenvalue weighted by Crippen LogP contribution is -3.16. The van der Waals surface area contributed by atoms with Crippen LogP contribution < -0.4 is 26.6 Å². The Bertz CT molecular complexity index is 1210. The molecule has 4 aliphatic heterocycles. The Balaban J connectivity index is 1.35. The number of aliphatic carboxylic acids is 1. The zero-order valence-electron chi connectivity index (χ0n) is 29.2. The van der Waals surface area contributed by atoms with Crippen molar-refractivity contribution >= 4 is 12.2 Å². The van der Waals surface area contributed by atoms with Gasteiger partial charge in [-0.2, -0.15) is 0 Å². The van der Waals surface area contributed by atoms with Gasteiger partial charge in [0.05, 0.1) is 36.5 Å². The van der Waals surface area contributed by atoms with Crippen molar-refractivity contribution < 1.29 is 30.1 Å². The van der Waals surface area contributed by atoms with Crippen LogP contribution in [-0.2, 0) is 17.6 Å². The Morgan fingerprint density at radius 2 is 1.88 bits per heavy atom. The van der Waals surface area contributed by atoms with Gasteiger partial charge in [-0.05, 0) is 94.6 Å². The number of carboxylic acid groups (broad SMARTS) is 1. The van der Waals surface area contributed by atoms with Crippen LogP contribution in [0.3, 0.4) is 0 Å². The summed E-state index contributed by atoms with van der Waals surface area (Å²) in [6, 6.07) is 9.85. The predicted molar refractivity (Wildman–Crippen MR) is 188 cm³/mol. The molecule has 10 N–H and O–H groups in total. The first-order valence-corrected chi connectivity index (χ1v) is 18.6. The standard InChI is InChI=1S/C37H62N6O5/c1-25-33(45)18-32(43-14-13-39-24-43)31(41-25)10-9-26-5-3-6-27(22-44)11-12-37(48,21-35(46)47)23-40-36(2)19-30(42-34(38)20-36)17-29-8-4-7-28(15-26)16-29/h4,7-8,13,16,25-27,30-34,40-42,44-45,48H,3,5-6,9-12,14-15,17-24,38H2,1-2H3,(H,46,47)/p+1/t25-,26+,27+,30+,31+,32+,33+,34-,36-,37+/m0/s1. The van der Waals surface area contributed by atoms with E-state index in [1.165, 1.54) is 16.0 Å². The Morgan fingerprint density at radius 3 is 2.60 bits per heavy atom. The summed E-state index contributed by atoms with van der Waals surface area (Å²) in [6.45, 7) is 6.11. The van der Waals surface area contributed by atoms with Gasteiger partial charge in [-0.3, -0.25) is 10.1 Å². The lowest BCUT2D eigenvalue weighted by molar-refractivity contribution is -0.914. The molecule has 0 spiro atoms. The van der Waals surface area contributed by atoms with Crippen molar-refractivity contribution in [1.29, 1.82) is 0 Å². The lowest BCUT2D eigenvalue weighted by Gasteiger charge is -2.44. The first-order valence-electron chi connectivity index (χ1n) is 18.6. The third-order valence-corrected chi connectivity index (χ3v) is 11.9. The van der Waals surface area contributed by atoms with E-state index in [4.69, 9.17) is 5.73 Å². The fourth-order valence-electron chi connectivity index (χ4n) is 9.09. The molecular formula is C37H63N6O5+. The molecule has 4 aliphatic rings. The minimum absolute atomic E-state index is 0.00551. The van der Waals surface area contributed by atoms with Gasteiger partial charge >= 0.3 is 5.97 Å². The van der Waals surface area contributed by atoms with Crippen molar-refractivity contribution in [2.24, 2.45) is 22.6 Å². The summed E-state index contributed by atoms with van der Waals surface area (Å²) in [7, 11) is 0. The molecule has 5 rings (SSSR count). The van der Waals surface area contributed by atoms with Crippen molar-refractivity contribution in [3.63, 3.8) is 0 Å². The van der Waals surface area contributed by atoms with Crippen molar-refractivity contribution in [1.82, 2.24) is 16.0 Å². The number of nitrogens with two attached hydrogens (primary N) is 1. The van der Waals surface area contributed by atoms with Crippen LogP contribution in [0.15, 0.2) is 29.3 Å². The summed E-state index contributed by atoms with van der Waals surface area (Å²) in [5.41, 5.74) is 7.38. The summed E-state index contributed by atoms with van der Waals surface area (Å²) >= 11 is 0. The summed E-state index contributed by atoms with van der Waals surface area (Å²) in [5.74, 6) is -0.552. The zero-order chi connectivity index (χ0) is 34.3. The summed E-state index contributed by atoms with van der Waals surface area (Å²) in [5, 5.41) is 53.2. The number of hydrogen-bond donors (Lipinski definition) is 9. The topological polar surface area (TPSA) is 177 Å². The van der Waals surface area contributed by atoms with Crippen LogP contribution >= 0.6 is 0 Å². The lowest BCUT2D eigenvalue weighted by atomic mass is 9.80. The maximum Gasteiger partial charge on any atom is 0.306 e. The van der Waals surface area contributed by atoms with Crippen molar-refractivity contribution in [3.8, 4) is 0 Å². The maximum absolute atomic E-state index is 11.8. The summed E-state index contributed by atoms with van der Waals surface area (Å²) in [4.78, 5) is 17.8. The molecule has 0 aromatic heterocycles. The van der Waals surface area contributed by atoms with Crippen LogP contribution in [0, 0.1) is 11.8 Å². The molecule has 0 amide bonds. The number of rotatable bonds is 7. The van der Waals surface area contributed by atoms with E-state index in [1.807, 2.05) is 6.21 Å².